The van der Waals surface area contributed by atoms with Crippen molar-refractivity contribution in [2.24, 2.45) is 0 Å². The summed E-state index contributed by atoms with van der Waals surface area (Å²) < 4.78 is 11.7. The Bertz CT molecular complexity index is 608. The molecule has 0 radical (unpaired) electrons. The molecule has 0 fully saturated rings. The number of methoxy groups -OCH3 is 1. The van der Waals surface area contributed by atoms with E-state index in [4.69, 9.17) is 9.47 Å². The second-order valence-electron chi connectivity index (χ2n) is 3.98. The maximum absolute atomic E-state index is 11.6. The van der Waals surface area contributed by atoms with E-state index in [1.54, 1.807) is 25.3 Å². The molecule has 0 aromatic heterocycles. The maximum Gasteiger partial charge on any atom is 0.163 e. The third-order valence-corrected chi connectivity index (χ3v) is 3.08. The predicted octanol–water partition coefficient (Wildman–Crippen LogP) is 4.45. The number of carbonyl (C=O) groups is 1. The van der Waals surface area contributed by atoms with E-state index in [1.807, 2.05) is 24.3 Å². The molecule has 0 N–H and O–H groups in total. The number of Topliss-reactive ketones (excluding diaryl/α,β-unsaturated/α-hetero) is 1. The molecular formula is C15H13BrO3. The van der Waals surface area contributed by atoms with E-state index in [-0.39, 0.29) is 5.78 Å². The van der Waals surface area contributed by atoms with Crippen LogP contribution < -0.4 is 9.47 Å². The summed E-state index contributed by atoms with van der Waals surface area (Å²) >= 11 is 3.35. The van der Waals surface area contributed by atoms with Crippen LogP contribution in [0.15, 0.2) is 46.9 Å². The third kappa shape index (κ3) is 3.35. The molecule has 0 atom stereocenters. The smallest absolute Gasteiger partial charge is 0.163 e. The lowest BCUT2D eigenvalue weighted by molar-refractivity contribution is 0.101. The molecule has 2 aromatic carbocycles. The highest BCUT2D eigenvalue weighted by molar-refractivity contribution is 9.10. The van der Waals surface area contributed by atoms with Crippen LogP contribution in [0, 0.1) is 0 Å². The normalized spacial score (nSPS) is 10.1. The quantitative estimate of drug-likeness (QED) is 0.780. The van der Waals surface area contributed by atoms with Crippen LogP contribution >= 0.6 is 15.9 Å². The highest BCUT2D eigenvalue weighted by Gasteiger charge is 2.10. The summed E-state index contributed by atoms with van der Waals surface area (Å²) in [6, 6.07) is 12.6. The zero-order valence-electron chi connectivity index (χ0n) is 10.6. The van der Waals surface area contributed by atoms with Gasteiger partial charge in [0.2, 0.25) is 0 Å². The van der Waals surface area contributed by atoms with Crippen LogP contribution in [0.3, 0.4) is 0 Å². The molecule has 0 saturated carbocycles. The molecule has 0 saturated heterocycles. The summed E-state index contributed by atoms with van der Waals surface area (Å²) in [7, 11) is 1.60. The van der Waals surface area contributed by atoms with Gasteiger partial charge in [0.25, 0.3) is 0 Å². The average Bonchev–Trinajstić information content (AvgIpc) is 2.41. The van der Waals surface area contributed by atoms with Crippen LogP contribution in [0.5, 0.6) is 17.2 Å². The van der Waals surface area contributed by atoms with Gasteiger partial charge in [-0.3, -0.25) is 4.79 Å². The Balaban J connectivity index is 2.34. The van der Waals surface area contributed by atoms with Gasteiger partial charge in [-0.25, -0.2) is 0 Å². The molecule has 0 aliphatic heterocycles. The van der Waals surface area contributed by atoms with Crippen LogP contribution in [0.4, 0.5) is 0 Å². The molecule has 2 rings (SSSR count). The van der Waals surface area contributed by atoms with Crippen molar-refractivity contribution in [3.8, 4) is 17.2 Å². The molecule has 98 valence electrons. The van der Waals surface area contributed by atoms with E-state index in [0.717, 1.165) is 4.47 Å². The minimum Gasteiger partial charge on any atom is -0.497 e. The molecule has 0 amide bonds. The Morgan fingerprint density at radius 3 is 2.53 bits per heavy atom. The summed E-state index contributed by atoms with van der Waals surface area (Å²) in [6.45, 7) is 1.51. The van der Waals surface area contributed by atoms with E-state index >= 15 is 0 Å². The van der Waals surface area contributed by atoms with Gasteiger partial charge >= 0.3 is 0 Å². The van der Waals surface area contributed by atoms with Crippen molar-refractivity contribution in [2.45, 2.75) is 6.92 Å². The van der Waals surface area contributed by atoms with Crippen LogP contribution in [-0.2, 0) is 0 Å². The Morgan fingerprint density at radius 1 is 1.11 bits per heavy atom. The lowest BCUT2D eigenvalue weighted by Crippen LogP contribution is -1.97. The van der Waals surface area contributed by atoms with Crippen LogP contribution in [0.1, 0.15) is 17.3 Å². The summed E-state index contributed by atoms with van der Waals surface area (Å²) in [4.78, 5) is 11.6. The summed E-state index contributed by atoms with van der Waals surface area (Å²) in [6.07, 6.45) is 0. The number of ketones is 1. The minimum atomic E-state index is -0.0424. The first-order valence-corrected chi connectivity index (χ1v) is 6.52. The molecule has 0 heterocycles. The number of benzene rings is 2. The number of ether oxygens (including phenoxy) is 2. The zero-order chi connectivity index (χ0) is 13.8. The van der Waals surface area contributed by atoms with E-state index in [2.05, 4.69) is 15.9 Å². The fourth-order valence-corrected chi connectivity index (χ4v) is 2.02. The zero-order valence-corrected chi connectivity index (χ0v) is 12.2. The summed E-state index contributed by atoms with van der Waals surface area (Å²) in [5.41, 5.74) is 0.539. The highest BCUT2D eigenvalue weighted by Crippen LogP contribution is 2.30. The fourth-order valence-electron chi connectivity index (χ4n) is 1.66. The topological polar surface area (TPSA) is 35.5 Å². The Labute approximate surface area is 120 Å². The summed E-state index contributed by atoms with van der Waals surface area (Å²) in [5.74, 6) is 1.83. The molecule has 0 spiro atoms. The second kappa shape index (κ2) is 5.89. The lowest BCUT2D eigenvalue weighted by atomic mass is 10.1. The highest BCUT2D eigenvalue weighted by atomic mass is 79.9. The summed E-state index contributed by atoms with van der Waals surface area (Å²) in [5, 5.41) is 0. The van der Waals surface area contributed by atoms with Crippen LogP contribution in [-0.4, -0.2) is 12.9 Å². The molecule has 0 unspecified atom stereocenters. The monoisotopic (exact) mass is 320 g/mol. The number of halogens is 1. The standard InChI is InChI=1S/C15H13BrO3/c1-10(17)14-8-11(16)6-7-15(14)19-13-5-3-4-12(9-13)18-2/h3-9H,1-2H3. The molecule has 4 heteroatoms. The molecule has 0 aliphatic carbocycles. The molecule has 3 nitrogen and oxygen atoms in total. The fraction of sp³-hybridized carbons (Fsp3) is 0.133. The largest absolute Gasteiger partial charge is 0.497 e. The maximum atomic E-state index is 11.6. The molecule has 19 heavy (non-hydrogen) atoms. The van der Waals surface area contributed by atoms with E-state index in [9.17, 15) is 4.79 Å². The van der Waals surface area contributed by atoms with Crippen LogP contribution in [0.25, 0.3) is 0 Å². The first-order valence-electron chi connectivity index (χ1n) is 5.72. The second-order valence-corrected chi connectivity index (χ2v) is 4.89. The van der Waals surface area contributed by atoms with Crippen molar-refractivity contribution in [3.63, 3.8) is 0 Å². The van der Waals surface area contributed by atoms with E-state index in [1.165, 1.54) is 6.92 Å². The van der Waals surface area contributed by atoms with Gasteiger partial charge in [-0.2, -0.15) is 0 Å². The van der Waals surface area contributed by atoms with Crippen molar-refractivity contribution < 1.29 is 14.3 Å². The third-order valence-electron chi connectivity index (χ3n) is 2.59. The van der Waals surface area contributed by atoms with E-state index in [0.29, 0.717) is 22.8 Å². The van der Waals surface area contributed by atoms with Crippen molar-refractivity contribution in [2.75, 3.05) is 7.11 Å². The number of rotatable bonds is 4. The first kappa shape index (κ1) is 13.6. The van der Waals surface area contributed by atoms with Crippen LogP contribution in [0.2, 0.25) is 0 Å². The van der Waals surface area contributed by atoms with Gasteiger partial charge in [-0.1, -0.05) is 22.0 Å². The Morgan fingerprint density at radius 2 is 1.84 bits per heavy atom. The molecule has 2 aromatic rings. The predicted molar refractivity (Wildman–Crippen MR) is 77.2 cm³/mol. The Hall–Kier alpha value is -1.81. The van der Waals surface area contributed by atoms with Crippen molar-refractivity contribution in [3.05, 3.63) is 52.5 Å². The van der Waals surface area contributed by atoms with Gasteiger partial charge in [-0.05, 0) is 37.3 Å². The van der Waals surface area contributed by atoms with Crippen molar-refractivity contribution in [1.82, 2.24) is 0 Å². The van der Waals surface area contributed by atoms with Gasteiger partial charge in [0, 0.05) is 10.5 Å². The van der Waals surface area contributed by atoms with Gasteiger partial charge in [0.15, 0.2) is 5.78 Å². The van der Waals surface area contributed by atoms with Gasteiger partial charge < -0.3 is 9.47 Å². The number of hydrogen-bond donors (Lipinski definition) is 0. The first-order chi connectivity index (χ1) is 9.10. The van der Waals surface area contributed by atoms with Gasteiger partial charge in [-0.15, -0.1) is 0 Å². The molecular weight excluding hydrogens is 308 g/mol. The van der Waals surface area contributed by atoms with Gasteiger partial charge in [0.05, 0.1) is 12.7 Å². The minimum absolute atomic E-state index is 0.0424. The van der Waals surface area contributed by atoms with Crippen molar-refractivity contribution in [1.29, 1.82) is 0 Å². The Kier molecular flexibility index (Phi) is 4.22. The number of carbonyl (C=O) groups excluding carboxylic acids is 1. The van der Waals surface area contributed by atoms with Crippen molar-refractivity contribution >= 4 is 21.7 Å². The van der Waals surface area contributed by atoms with E-state index < -0.39 is 0 Å². The molecule has 0 bridgehead atoms. The molecule has 0 aliphatic rings. The SMILES string of the molecule is COc1cccc(Oc2ccc(Br)cc2C(C)=O)c1. The number of hydrogen-bond acceptors (Lipinski definition) is 3. The lowest BCUT2D eigenvalue weighted by Gasteiger charge is -2.10. The van der Waals surface area contributed by atoms with Gasteiger partial charge in [0.1, 0.15) is 17.2 Å². The average molecular weight is 321 g/mol.